The number of hydrogen-bond acceptors (Lipinski definition) is 4. The van der Waals surface area contributed by atoms with Crippen LogP contribution in [-0.4, -0.2) is 23.0 Å². The van der Waals surface area contributed by atoms with Gasteiger partial charge < -0.3 is 5.32 Å². The third kappa shape index (κ3) is 2.63. The minimum absolute atomic E-state index is 0.628. The van der Waals surface area contributed by atoms with Gasteiger partial charge in [0.2, 0.25) is 0 Å². The summed E-state index contributed by atoms with van der Waals surface area (Å²) in [5.41, 5.74) is 0.628. The van der Waals surface area contributed by atoms with E-state index in [1.165, 1.54) is 17.9 Å². The van der Waals surface area contributed by atoms with Crippen LogP contribution >= 0.6 is 11.8 Å². The number of aromatic nitrogens is 1. The summed E-state index contributed by atoms with van der Waals surface area (Å²) < 4.78 is 0. The predicted octanol–water partition coefficient (Wildman–Crippen LogP) is 2.12. The van der Waals surface area contributed by atoms with E-state index in [0.29, 0.717) is 5.56 Å². The Morgan fingerprint density at radius 1 is 1.67 bits per heavy atom. The van der Waals surface area contributed by atoms with Gasteiger partial charge in [0.15, 0.2) is 0 Å². The Morgan fingerprint density at radius 3 is 3.33 bits per heavy atom. The Hall–Kier alpha value is -1.21. The average molecular weight is 219 g/mol. The maximum absolute atomic E-state index is 8.88. The largest absolute Gasteiger partial charge is 0.369 e. The lowest BCUT2D eigenvalue weighted by Crippen LogP contribution is -2.14. The first kappa shape index (κ1) is 10.3. The molecule has 0 aromatic carbocycles. The molecule has 1 N–H and O–H groups in total. The summed E-state index contributed by atoms with van der Waals surface area (Å²) in [6.07, 6.45) is 2.99. The molecular weight excluding hydrogens is 206 g/mol. The molecule has 0 aliphatic carbocycles. The van der Waals surface area contributed by atoms with Crippen LogP contribution in [0.4, 0.5) is 5.82 Å². The van der Waals surface area contributed by atoms with E-state index in [1.54, 1.807) is 18.3 Å². The molecule has 78 valence electrons. The van der Waals surface area contributed by atoms with Crippen LogP contribution in [0.1, 0.15) is 12.0 Å². The highest BCUT2D eigenvalue weighted by molar-refractivity contribution is 7.99. The molecule has 1 aromatic rings. The first-order valence-corrected chi connectivity index (χ1v) is 6.22. The molecule has 0 amide bonds. The number of nitriles is 1. The highest BCUT2D eigenvalue weighted by atomic mass is 32.2. The van der Waals surface area contributed by atoms with Gasteiger partial charge in [0.25, 0.3) is 0 Å². The molecule has 0 saturated carbocycles. The Bertz CT molecular complexity index is 366. The predicted molar refractivity (Wildman–Crippen MR) is 62.9 cm³/mol. The van der Waals surface area contributed by atoms with Crippen molar-refractivity contribution in [3.05, 3.63) is 23.9 Å². The van der Waals surface area contributed by atoms with Crippen molar-refractivity contribution in [2.24, 2.45) is 5.92 Å². The first-order chi connectivity index (χ1) is 7.40. The van der Waals surface area contributed by atoms with Crippen molar-refractivity contribution >= 4 is 17.6 Å². The van der Waals surface area contributed by atoms with Gasteiger partial charge in [-0.25, -0.2) is 4.98 Å². The van der Waals surface area contributed by atoms with E-state index in [9.17, 15) is 0 Å². The lowest BCUT2D eigenvalue weighted by Gasteiger charge is -2.10. The maximum atomic E-state index is 8.88. The molecule has 1 unspecified atom stereocenters. The van der Waals surface area contributed by atoms with Gasteiger partial charge in [-0.1, -0.05) is 0 Å². The third-order valence-electron chi connectivity index (χ3n) is 2.51. The van der Waals surface area contributed by atoms with Crippen molar-refractivity contribution in [2.45, 2.75) is 6.42 Å². The van der Waals surface area contributed by atoms with Crippen LogP contribution in [0, 0.1) is 17.2 Å². The summed E-state index contributed by atoms with van der Waals surface area (Å²) in [6, 6.07) is 5.72. The fraction of sp³-hybridized carbons (Fsp3) is 0.455. The summed E-state index contributed by atoms with van der Waals surface area (Å²) in [7, 11) is 0. The second-order valence-corrected chi connectivity index (χ2v) is 4.77. The van der Waals surface area contributed by atoms with Crippen molar-refractivity contribution in [1.29, 1.82) is 5.26 Å². The van der Waals surface area contributed by atoms with Crippen molar-refractivity contribution in [3.63, 3.8) is 0 Å². The van der Waals surface area contributed by atoms with E-state index in [0.717, 1.165) is 18.3 Å². The summed E-state index contributed by atoms with van der Waals surface area (Å²) in [4.78, 5) is 4.17. The molecule has 3 nitrogen and oxygen atoms in total. The molecule has 1 aliphatic rings. The number of pyridine rings is 1. The monoisotopic (exact) mass is 219 g/mol. The van der Waals surface area contributed by atoms with Gasteiger partial charge in [-0.15, -0.1) is 0 Å². The van der Waals surface area contributed by atoms with Crippen LogP contribution in [0.5, 0.6) is 0 Å². The molecule has 1 atom stereocenters. The van der Waals surface area contributed by atoms with Crippen molar-refractivity contribution in [2.75, 3.05) is 23.4 Å². The van der Waals surface area contributed by atoms with Crippen molar-refractivity contribution in [3.8, 4) is 6.07 Å². The molecule has 15 heavy (non-hydrogen) atoms. The average Bonchev–Trinajstić information content (AvgIpc) is 2.79. The van der Waals surface area contributed by atoms with Gasteiger partial charge in [0.1, 0.15) is 11.9 Å². The maximum Gasteiger partial charge on any atom is 0.143 e. The molecule has 1 fully saturated rings. The zero-order valence-electron chi connectivity index (χ0n) is 8.44. The second-order valence-electron chi connectivity index (χ2n) is 3.62. The molecule has 0 radical (unpaired) electrons. The lowest BCUT2D eigenvalue weighted by molar-refractivity contribution is 0.630. The number of thioether (sulfide) groups is 1. The van der Waals surface area contributed by atoms with Gasteiger partial charge >= 0.3 is 0 Å². The number of anilines is 1. The molecular formula is C11H13N3S. The molecule has 1 saturated heterocycles. The van der Waals surface area contributed by atoms with Gasteiger partial charge in [-0.3, -0.25) is 0 Å². The normalized spacial score (nSPS) is 19.8. The van der Waals surface area contributed by atoms with E-state index in [-0.39, 0.29) is 0 Å². The second kappa shape index (κ2) is 5.04. The Kier molecular flexibility index (Phi) is 3.46. The molecule has 0 bridgehead atoms. The minimum atomic E-state index is 0.628. The van der Waals surface area contributed by atoms with E-state index < -0.39 is 0 Å². The van der Waals surface area contributed by atoms with Gasteiger partial charge in [-0.2, -0.15) is 17.0 Å². The fourth-order valence-electron chi connectivity index (χ4n) is 1.62. The lowest BCUT2D eigenvalue weighted by atomic mass is 10.1. The Balaban J connectivity index is 1.95. The summed E-state index contributed by atoms with van der Waals surface area (Å²) in [6.45, 7) is 0.929. The van der Waals surface area contributed by atoms with Gasteiger partial charge in [-0.05, 0) is 36.0 Å². The summed E-state index contributed by atoms with van der Waals surface area (Å²) in [5, 5.41) is 12.1. The topological polar surface area (TPSA) is 48.7 Å². The van der Waals surface area contributed by atoms with Crippen molar-refractivity contribution in [1.82, 2.24) is 4.98 Å². The quantitative estimate of drug-likeness (QED) is 0.846. The van der Waals surface area contributed by atoms with Gasteiger partial charge in [0, 0.05) is 12.7 Å². The standard InChI is InChI=1S/C11H13N3S/c12-6-10-2-1-4-13-11(10)14-7-9-3-5-15-8-9/h1-2,4,9H,3,5,7-8H2,(H,13,14). The van der Waals surface area contributed by atoms with E-state index >= 15 is 0 Å². The van der Waals surface area contributed by atoms with E-state index in [4.69, 9.17) is 5.26 Å². The van der Waals surface area contributed by atoms with Crippen LogP contribution < -0.4 is 5.32 Å². The molecule has 1 aliphatic heterocycles. The minimum Gasteiger partial charge on any atom is -0.369 e. The highest BCUT2D eigenvalue weighted by Gasteiger charge is 2.15. The van der Waals surface area contributed by atoms with E-state index in [2.05, 4.69) is 16.4 Å². The molecule has 1 aromatic heterocycles. The SMILES string of the molecule is N#Cc1cccnc1NCC1CCSC1. The zero-order valence-corrected chi connectivity index (χ0v) is 9.26. The third-order valence-corrected chi connectivity index (χ3v) is 3.74. The number of hydrogen-bond donors (Lipinski definition) is 1. The molecule has 0 spiro atoms. The van der Waals surface area contributed by atoms with Gasteiger partial charge in [0.05, 0.1) is 5.56 Å². The number of nitrogens with one attached hydrogen (secondary N) is 1. The molecule has 2 rings (SSSR count). The van der Waals surface area contributed by atoms with Crippen LogP contribution in [0.2, 0.25) is 0 Å². The van der Waals surface area contributed by atoms with Crippen LogP contribution in [0.25, 0.3) is 0 Å². The van der Waals surface area contributed by atoms with Crippen LogP contribution in [0.3, 0.4) is 0 Å². The smallest absolute Gasteiger partial charge is 0.143 e. The molecule has 4 heteroatoms. The summed E-state index contributed by atoms with van der Waals surface area (Å²) >= 11 is 2.00. The number of nitrogens with zero attached hydrogens (tertiary/aromatic N) is 2. The van der Waals surface area contributed by atoms with Crippen LogP contribution in [-0.2, 0) is 0 Å². The summed E-state index contributed by atoms with van der Waals surface area (Å²) in [5.74, 6) is 3.93. The van der Waals surface area contributed by atoms with E-state index in [1.807, 2.05) is 11.8 Å². The molecule has 2 heterocycles. The van der Waals surface area contributed by atoms with Crippen LogP contribution in [0.15, 0.2) is 18.3 Å². The zero-order chi connectivity index (χ0) is 10.5. The Labute approximate surface area is 93.9 Å². The van der Waals surface area contributed by atoms with Crippen molar-refractivity contribution < 1.29 is 0 Å². The highest BCUT2D eigenvalue weighted by Crippen LogP contribution is 2.23. The fourth-order valence-corrected chi connectivity index (χ4v) is 2.91. The number of rotatable bonds is 3. The Morgan fingerprint density at radius 2 is 2.60 bits per heavy atom. The first-order valence-electron chi connectivity index (χ1n) is 5.07.